The lowest BCUT2D eigenvalue weighted by Gasteiger charge is -2.04. The van der Waals surface area contributed by atoms with Gasteiger partial charge < -0.3 is 4.74 Å². The summed E-state index contributed by atoms with van der Waals surface area (Å²) in [5.74, 6) is -2.12. The number of thiophene rings is 1. The van der Waals surface area contributed by atoms with E-state index in [9.17, 15) is 27.6 Å². The first-order chi connectivity index (χ1) is 14.1. The molecule has 0 unspecified atom stereocenters. The summed E-state index contributed by atoms with van der Waals surface area (Å²) in [6, 6.07) is 7.33. The van der Waals surface area contributed by atoms with Crippen LogP contribution in [0.15, 0.2) is 30.3 Å². The molecule has 0 atom stereocenters. The molecule has 1 aliphatic rings. The Labute approximate surface area is 176 Å². The van der Waals surface area contributed by atoms with Crippen molar-refractivity contribution >= 4 is 44.9 Å². The van der Waals surface area contributed by atoms with E-state index in [1.807, 2.05) is 0 Å². The summed E-state index contributed by atoms with van der Waals surface area (Å²) in [4.78, 5) is 50.6. The summed E-state index contributed by atoms with van der Waals surface area (Å²) in [5.41, 5.74) is 0.400. The molecular weight excluding hydrogens is 432 g/mol. The van der Waals surface area contributed by atoms with Crippen molar-refractivity contribution in [3.63, 3.8) is 0 Å². The number of hydrogen-bond acceptors (Lipinski definition) is 8. The van der Waals surface area contributed by atoms with Crippen LogP contribution in [0, 0.1) is 0 Å². The zero-order valence-corrected chi connectivity index (χ0v) is 17.8. The molecule has 1 N–H and O–H groups in total. The van der Waals surface area contributed by atoms with Gasteiger partial charge in [-0.2, -0.15) is 0 Å². The summed E-state index contributed by atoms with van der Waals surface area (Å²) in [6.45, 7) is -0.263. The van der Waals surface area contributed by atoms with E-state index in [4.69, 9.17) is 4.74 Å². The van der Waals surface area contributed by atoms with E-state index < -0.39 is 40.2 Å². The number of imide groups is 1. The molecule has 0 saturated carbocycles. The van der Waals surface area contributed by atoms with Gasteiger partial charge in [-0.25, -0.2) is 17.9 Å². The molecule has 2 aromatic rings. The van der Waals surface area contributed by atoms with Gasteiger partial charge in [-0.15, -0.1) is 11.3 Å². The predicted octanol–water partition coefficient (Wildman–Crippen LogP) is 1.11. The minimum Gasteiger partial charge on any atom is -0.454 e. The van der Waals surface area contributed by atoms with Gasteiger partial charge in [0.1, 0.15) is 0 Å². The van der Waals surface area contributed by atoms with Crippen molar-refractivity contribution in [2.24, 2.45) is 0 Å². The van der Waals surface area contributed by atoms with Gasteiger partial charge in [0.05, 0.1) is 27.8 Å². The van der Waals surface area contributed by atoms with E-state index in [0.717, 1.165) is 16.0 Å². The third kappa shape index (κ3) is 4.81. The van der Waals surface area contributed by atoms with Crippen molar-refractivity contribution < 1.29 is 32.3 Å². The molecule has 9 nitrogen and oxygen atoms in total. The van der Waals surface area contributed by atoms with E-state index in [0.29, 0.717) is 11.3 Å². The zero-order valence-electron chi connectivity index (χ0n) is 16.1. The summed E-state index contributed by atoms with van der Waals surface area (Å²) in [6.07, 6.45) is 1.50. The maximum absolute atomic E-state index is 12.3. The first kappa shape index (κ1) is 21.8. The fourth-order valence-electron chi connectivity index (χ4n) is 2.80. The lowest BCUT2D eigenvalue weighted by Crippen LogP contribution is -2.24. The van der Waals surface area contributed by atoms with Gasteiger partial charge in [0.2, 0.25) is 15.8 Å². The van der Waals surface area contributed by atoms with Crippen LogP contribution >= 0.6 is 11.3 Å². The fraction of sp³-hybridized carbons (Fsp3) is 0.263. The summed E-state index contributed by atoms with van der Waals surface area (Å²) in [5, 5.41) is 0. The number of ketones is 1. The maximum Gasteiger partial charge on any atom is 0.338 e. The number of esters is 1. The molecule has 2 amide bonds. The van der Waals surface area contributed by atoms with Crippen LogP contribution in [-0.4, -0.2) is 63.3 Å². The first-order valence-corrected chi connectivity index (χ1v) is 11.5. The molecule has 1 aliphatic heterocycles. The topological polar surface area (TPSA) is 127 Å². The van der Waals surface area contributed by atoms with Gasteiger partial charge >= 0.3 is 5.97 Å². The average Bonchev–Trinajstić information content (AvgIpc) is 3.24. The number of nitrogens with zero attached hydrogens (tertiary/aromatic N) is 1. The van der Waals surface area contributed by atoms with E-state index in [2.05, 4.69) is 4.72 Å². The number of sulfonamides is 1. The van der Waals surface area contributed by atoms with Crippen LogP contribution in [0.5, 0.6) is 0 Å². The first-order valence-electron chi connectivity index (χ1n) is 8.77. The van der Waals surface area contributed by atoms with E-state index >= 15 is 0 Å². The van der Waals surface area contributed by atoms with Crippen LogP contribution in [0.2, 0.25) is 0 Å². The molecule has 0 bridgehead atoms. The Kier molecular flexibility index (Phi) is 6.15. The monoisotopic (exact) mass is 450 g/mol. The zero-order chi connectivity index (χ0) is 22.1. The lowest BCUT2D eigenvalue weighted by atomic mass is 10.1. The van der Waals surface area contributed by atoms with Crippen LogP contribution in [0.1, 0.15) is 45.6 Å². The van der Waals surface area contributed by atoms with Crippen LogP contribution < -0.4 is 4.72 Å². The molecule has 1 aromatic carbocycles. The summed E-state index contributed by atoms with van der Waals surface area (Å²) in [7, 11) is -1.92. The Bertz CT molecular complexity index is 1150. The highest BCUT2D eigenvalue weighted by atomic mass is 32.2. The second-order valence-electron chi connectivity index (χ2n) is 6.61. The summed E-state index contributed by atoms with van der Waals surface area (Å²) >= 11 is 1.19. The van der Waals surface area contributed by atoms with Gasteiger partial charge in [0.25, 0.3) is 11.8 Å². The number of amides is 2. The van der Waals surface area contributed by atoms with Gasteiger partial charge in [0, 0.05) is 18.5 Å². The number of fused-ring (bicyclic) bond motifs is 1. The van der Waals surface area contributed by atoms with Crippen LogP contribution in [0.25, 0.3) is 0 Å². The van der Waals surface area contributed by atoms with Crippen molar-refractivity contribution in [2.45, 2.75) is 6.42 Å². The summed E-state index contributed by atoms with van der Waals surface area (Å²) < 4.78 is 29.5. The quantitative estimate of drug-likeness (QED) is 0.362. The van der Waals surface area contributed by atoms with Crippen molar-refractivity contribution in [1.82, 2.24) is 9.62 Å². The van der Waals surface area contributed by atoms with Gasteiger partial charge in [-0.05, 0) is 36.8 Å². The number of Topliss-reactive ketones (excluding diaryl/α,β-unsaturated/α-hetero) is 1. The minimum atomic E-state index is -3.27. The number of benzene rings is 1. The minimum absolute atomic E-state index is 0.0664. The smallest absolute Gasteiger partial charge is 0.338 e. The third-order valence-electron chi connectivity index (χ3n) is 4.33. The SMILES string of the molecule is CN1C(=O)c2ccc(C(=O)OCC(=O)c3ccc(CCNS(C)(=O)=O)s3)cc2C1=O. The van der Waals surface area contributed by atoms with E-state index in [1.165, 1.54) is 36.6 Å². The van der Waals surface area contributed by atoms with Crippen LogP contribution in [0.4, 0.5) is 0 Å². The van der Waals surface area contributed by atoms with Crippen molar-refractivity contribution in [3.8, 4) is 0 Å². The Hall–Kier alpha value is -2.89. The highest BCUT2D eigenvalue weighted by molar-refractivity contribution is 7.88. The third-order valence-corrected chi connectivity index (χ3v) is 6.25. The standard InChI is InChI=1S/C19H18N2O7S2/c1-21-17(23)13-5-3-11(9-14(13)18(21)24)19(25)28-10-15(22)16-6-4-12(29-16)7-8-20-30(2,26)27/h3-6,9,20H,7-8,10H2,1-2H3. The number of nitrogens with one attached hydrogen (secondary N) is 1. The maximum atomic E-state index is 12.3. The molecule has 0 saturated heterocycles. The van der Waals surface area contributed by atoms with Crippen LogP contribution in [0.3, 0.4) is 0 Å². The average molecular weight is 450 g/mol. The molecule has 2 heterocycles. The molecule has 11 heteroatoms. The van der Waals surface area contributed by atoms with Crippen molar-refractivity contribution in [1.29, 1.82) is 0 Å². The van der Waals surface area contributed by atoms with Gasteiger partial charge in [-0.3, -0.25) is 19.3 Å². The predicted molar refractivity (Wildman–Crippen MR) is 108 cm³/mol. The number of rotatable bonds is 8. The van der Waals surface area contributed by atoms with Crippen molar-refractivity contribution in [3.05, 3.63) is 56.8 Å². The molecule has 3 rings (SSSR count). The molecule has 30 heavy (non-hydrogen) atoms. The van der Waals surface area contributed by atoms with Gasteiger partial charge in [-0.1, -0.05) is 0 Å². The number of ether oxygens (including phenoxy) is 1. The molecular formula is C19H18N2O7S2. The van der Waals surface area contributed by atoms with Gasteiger partial charge in [0.15, 0.2) is 6.61 Å². The highest BCUT2D eigenvalue weighted by Crippen LogP contribution is 2.23. The van der Waals surface area contributed by atoms with Crippen LogP contribution in [-0.2, 0) is 21.2 Å². The Morgan fingerprint density at radius 2 is 1.80 bits per heavy atom. The normalized spacial score (nSPS) is 13.5. The molecule has 0 radical (unpaired) electrons. The molecule has 0 aliphatic carbocycles. The molecule has 0 spiro atoms. The lowest BCUT2D eigenvalue weighted by molar-refractivity contribution is 0.0475. The Balaban J connectivity index is 1.57. The number of carbonyl (C=O) groups excluding carboxylic acids is 4. The highest BCUT2D eigenvalue weighted by Gasteiger charge is 2.33. The number of hydrogen-bond donors (Lipinski definition) is 1. The number of carbonyl (C=O) groups is 4. The Morgan fingerprint density at radius 3 is 2.50 bits per heavy atom. The second kappa shape index (κ2) is 8.46. The van der Waals surface area contributed by atoms with E-state index in [1.54, 1.807) is 12.1 Å². The molecule has 1 aromatic heterocycles. The Morgan fingerprint density at radius 1 is 1.10 bits per heavy atom. The molecule has 158 valence electrons. The second-order valence-corrected chi connectivity index (χ2v) is 9.61. The molecule has 0 fully saturated rings. The van der Waals surface area contributed by atoms with Crippen molar-refractivity contribution in [2.75, 3.05) is 26.5 Å². The fourth-order valence-corrected chi connectivity index (χ4v) is 4.20. The van der Waals surface area contributed by atoms with E-state index in [-0.39, 0.29) is 23.2 Å². The largest absolute Gasteiger partial charge is 0.454 e.